The van der Waals surface area contributed by atoms with Gasteiger partial charge in [-0.15, -0.1) is 0 Å². The summed E-state index contributed by atoms with van der Waals surface area (Å²) in [6.07, 6.45) is 3.43. The summed E-state index contributed by atoms with van der Waals surface area (Å²) in [5.41, 5.74) is 3.87. The van der Waals surface area contributed by atoms with Crippen molar-refractivity contribution in [2.75, 3.05) is 0 Å². The van der Waals surface area contributed by atoms with Crippen LogP contribution in [0, 0.1) is 13.8 Å². The monoisotopic (exact) mass is 282 g/mol. The average Bonchev–Trinajstić information content (AvgIpc) is 2.79. The first-order valence-electron chi connectivity index (χ1n) is 6.95. The van der Waals surface area contributed by atoms with Crippen molar-refractivity contribution in [2.24, 2.45) is 7.05 Å². The lowest BCUT2D eigenvalue weighted by Gasteiger charge is -2.15. The van der Waals surface area contributed by atoms with Gasteiger partial charge in [-0.25, -0.2) is 4.98 Å². The standard InChI is InChI=1S/C16H18N4O/c1-10-5-6-15-13(7-10)16(21)20(9-17-15)12(3)14-8-18-19(4)11(14)2/h5-9,12H,1-4H3/t12-/m0/s1. The molecule has 3 aromatic rings. The summed E-state index contributed by atoms with van der Waals surface area (Å²) in [5.74, 6) is 0. The molecule has 0 aliphatic carbocycles. The molecular formula is C16H18N4O. The largest absolute Gasteiger partial charge is 0.291 e. The van der Waals surface area contributed by atoms with Crippen molar-refractivity contribution < 1.29 is 0 Å². The minimum atomic E-state index is -0.0939. The first-order chi connectivity index (χ1) is 9.99. The molecule has 1 aromatic carbocycles. The topological polar surface area (TPSA) is 52.7 Å². The number of fused-ring (bicyclic) bond motifs is 1. The van der Waals surface area contributed by atoms with E-state index in [0.29, 0.717) is 5.39 Å². The molecule has 2 aromatic heterocycles. The molecule has 0 aliphatic rings. The minimum Gasteiger partial charge on any atom is -0.291 e. The predicted molar refractivity (Wildman–Crippen MR) is 82.5 cm³/mol. The Morgan fingerprint density at radius 3 is 2.67 bits per heavy atom. The molecule has 0 unspecified atom stereocenters. The van der Waals surface area contributed by atoms with E-state index in [2.05, 4.69) is 10.1 Å². The molecule has 0 saturated carbocycles. The van der Waals surface area contributed by atoms with E-state index in [1.807, 2.05) is 56.9 Å². The van der Waals surface area contributed by atoms with Gasteiger partial charge in [0.25, 0.3) is 5.56 Å². The highest BCUT2D eigenvalue weighted by Gasteiger charge is 2.16. The van der Waals surface area contributed by atoms with E-state index < -0.39 is 0 Å². The van der Waals surface area contributed by atoms with Crippen LogP contribution in [0.3, 0.4) is 0 Å². The number of aryl methyl sites for hydroxylation is 2. The third kappa shape index (κ3) is 2.14. The van der Waals surface area contributed by atoms with Crippen LogP contribution >= 0.6 is 0 Å². The number of rotatable bonds is 2. The van der Waals surface area contributed by atoms with E-state index in [9.17, 15) is 4.79 Å². The summed E-state index contributed by atoms with van der Waals surface area (Å²) in [7, 11) is 1.90. The lowest BCUT2D eigenvalue weighted by Crippen LogP contribution is -2.24. The van der Waals surface area contributed by atoms with Crippen molar-refractivity contribution in [1.29, 1.82) is 0 Å². The summed E-state index contributed by atoms with van der Waals surface area (Å²) in [6.45, 7) is 5.97. The fraction of sp³-hybridized carbons (Fsp3) is 0.312. The molecular weight excluding hydrogens is 264 g/mol. The molecule has 5 heteroatoms. The van der Waals surface area contributed by atoms with Crippen LogP contribution in [0.15, 0.2) is 35.5 Å². The summed E-state index contributed by atoms with van der Waals surface area (Å²) in [5, 5.41) is 4.91. The van der Waals surface area contributed by atoms with Gasteiger partial charge in [-0.3, -0.25) is 14.0 Å². The van der Waals surface area contributed by atoms with E-state index in [4.69, 9.17) is 0 Å². The van der Waals surface area contributed by atoms with Crippen molar-refractivity contribution in [2.45, 2.75) is 26.8 Å². The Labute approximate surface area is 122 Å². The van der Waals surface area contributed by atoms with Gasteiger partial charge in [0.05, 0.1) is 29.5 Å². The molecule has 0 amide bonds. The van der Waals surface area contributed by atoms with Gasteiger partial charge < -0.3 is 0 Å². The normalized spacial score (nSPS) is 12.8. The lowest BCUT2D eigenvalue weighted by atomic mass is 10.1. The van der Waals surface area contributed by atoms with Gasteiger partial charge in [-0.1, -0.05) is 11.6 Å². The Kier molecular flexibility index (Phi) is 3.12. The Balaban J connectivity index is 2.19. The molecule has 21 heavy (non-hydrogen) atoms. The second-order valence-electron chi connectivity index (χ2n) is 5.46. The van der Waals surface area contributed by atoms with E-state index >= 15 is 0 Å². The van der Waals surface area contributed by atoms with Gasteiger partial charge in [0, 0.05) is 18.3 Å². The van der Waals surface area contributed by atoms with Gasteiger partial charge in [0.2, 0.25) is 0 Å². The molecule has 0 radical (unpaired) electrons. The quantitative estimate of drug-likeness (QED) is 0.725. The van der Waals surface area contributed by atoms with E-state index in [1.165, 1.54) is 0 Å². The van der Waals surface area contributed by atoms with Crippen molar-refractivity contribution in [1.82, 2.24) is 19.3 Å². The summed E-state index contributed by atoms with van der Waals surface area (Å²) in [6, 6.07) is 5.65. The van der Waals surface area contributed by atoms with Crippen LogP contribution in [0.4, 0.5) is 0 Å². The Morgan fingerprint density at radius 1 is 1.24 bits per heavy atom. The van der Waals surface area contributed by atoms with E-state index in [-0.39, 0.29) is 11.6 Å². The number of aromatic nitrogens is 4. The summed E-state index contributed by atoms with van der Waals surface area (Å²) < 4.78 is 3.49. The highest BCUT2D eigenvalue weighted by atomic mass is 16.1. The van der Waals surface area contributed by atoms with Crippen LogP contribution in [0.25, 0.3) is 10.9 Å². The highest BCUT2D eigenvalue weighted by Crippen LogP contribution is 2.20. The molecule has 2 heterocycles. The summed E-state index contributed by atoms with van der Waals surface area (Å²) >= 11 is 0. The van der Waals surface area contributed by atoms with E-state index in [0.717, 1.165) is 22.3 Å². The van der Waals surface area contributed by atoms with Crippen molar-refractivity contribution >= 4 is 10.9 Å². The second-order valence-corrected chi connectivity index (χ2v) is 5.46. The maximum absolute atomic E-state index is 12.7. The number of hydrogen-bond donors (Lipinski definition) is 0. The lowest BCUT2D eigenvalue weighted by molar-refractivity contribution is 0.603. The zero-order valence-electron chi connectivity index (χ0n) is 12.7. The Morgan fingerprint density at radius 2 is 2.00 bits per heavy atom. The zero-order chi connectivity index (χ0) is 15.1. The fourth-order valence-corrected chi connectivity index (χ4v) is 2.60. The van der Waals surface area contributed by atoms with Gasteiger partial charge in [0.15, 0.2) is 0 Å². The van der Waals surface area contributed by atoms with Crippen molar-refractivity contribution in [3.05, 3.63) is 57.9 Å². The molecule has 0 fully saturated rings. The third-order valence-corrected chi connectivity index (χ3v) is 4.08. The smallest absolute Gasteiger partial charge is 0.261 e. The van der Waals surface area contributed by atoms with Crippen LogP contribution in [0.1, 0.15) is 29.8 Å². The average molecular weight is 282 g/mol. The van der Waals surface area contributed by atoms with Crippen LogP contribution < -0.4 is 5.56 Å². The molecule has 0 bridgehead atoms. The van der Waals surface area contributed by atoms with Crippen LogP contribution in [-0.4, -0.2) is 19.3 Å². The molecule has 0 N–H and O–H groups in total. The molecule has 5 nitrogen and oxygen atoms in total. The molecule has 0 spiro atoms. The molecule has 3 rings (SSSR count). The minimum absolute atomic E-state index is 0.0144. The zero-order valence-corrected chi connectivity index (χ0v) is 12.7. The summed E-state index contributed by atoms with van der Waals surface area (Å²) in [4.78, 5) is 17.1. The number of nitrogens with zero attached hydrogens (tertiary/aromatic N) is 4. The van der Waals surface area contributed by atoms with Gasteiger partial charge in [-0.05, 0) is 32.9 Å². The Bertz CT molecular complexity index is 876. The third-order valence-electron chi connectivity index (χ3n) is 4.08. The predicted octanol–water partition coefficient (Wildman–Crippen LogP) is 2.36. The van der Waals surface area contributed by atoms with Gasteiger partial charge in [0.1, 0.15) is 0 Å². The van der Waals surface area contributed by atoms with Crippen LogP contribution in [0.2, 0.25) is 0 Å². The second kappa shape index (κ2) is 4.84. The van der Waals surface area contributed by atoms with Gasteiger partial charge in [-0.2, -0.15) is 5.10 Å². The molecule has 0 saturated heterocycles. The highest BCUT2D eigenvalue weighted by molar-refractivity contribution is 5.78. The van der Waals surface area contributed by atoms with Crippen LogP contribution in [-0.2, 0) is 7.05 Å². The maximum atomic E-state index is 12.7. The number of hydrogen-bond acceptors (Lipinski definition) is 3. The first-order valence-corrected chi connectivity index (χ1v) is 6.95. The SMILES string of the molecule is Cc1ccc2ncn([C@@H](C)c3cnn(C)c3C)c(=O)c2c1. The first kappa shape index (κ1) is 13.5. The molecule has 0 aliphatic heterocycles. The van der Waals surface area contributed by atoms with Gasteiger partial charge >= 0.3 is 0 Å². The maximum Gasteiger partial charge on any atom is 0.261 e. The molecule has 108 valence electrons. The van der Waals surface area contributed by atoms with Crippen molar-refractivity contribution in [3.8, 4) is 0 Å². The number of benzene rings is 1. The Hall–Kier alpha value is -2.43. The van der Waals surface area contributed by atoms with Crippen molar-refractivity contribution in [3.63, 3.8) is 0 Å². The van der Waals surface area contributed by atoms with E-state index in [1.54, 1.807) is 10.9 Å². The van der Waals surface area contributed by atoms with Crippen LogP contribution in [0.5, 0.6) is 0 Å². The molecule has 1 atom stereocenters. The fourth-order valence-electron chi connectivity index (χ4n) is 2.60.